The molecule has 2 aromatic rings. The van der Waals surface area contributed by atoms with Gasteiger partial charge < -0.3 is 5.32 Å². The second kappa shape index (κ2) is 7.64. The fourth-order valence-electron chi connectivity index (χ4n) is 1.92. The average molecular weight is 400 g/mol. The van der Waals surface area contributed by atoms with Gasteiger partial charge in [-0.3, -0.25) is 4.79 Å². The van der Waals surface area contributed by atoms with Crippen LogP contribution in [0.1, 0.15) is 22.3 Å². The van der Waals surface area contributed by atoms with Gasteiger partial charge in [0.25, 0.3) is 5.91 Å². The van der Waals surface area contributed by atoms with Crippen LogP contribution >= 0.6 is 34.2 Å². The van der Waals surface area contributed by atoms with Crippen molar-refractivity contribution in [3.63, 3.8) is 0 Å². The molecule has 0 aliphatic heterocycles. The molecule has 0 radical (unpaired) electrons. The van der Waals surface area contributed by atoms with Crippen molar-refractivity contribution < 1.29 is 4.79 Å². The fourth-order valence-corrected chi connectivity index (χ4v) is 2.69. The molecule has 0 unspecified atom stereocenters. The maximum Gasteiger partial charge on any atom is 0.256 e. The molecule has 1 amide bonds. The first kappa shape index (κ1) is 15.3. The number of carbonyl (C=O) groups excluding carboxylic acids is 1. The molecule has 0 saturated carbocycles. The predicted octanol–water partition coefficient (Wildman–Crippen LogP) is 4.71. The Morgan fingerprint density at radius 3 is 2.70 bits per heavy atom. The highest BCUT2D eigenvalue weighted by Gasteiger charge is 2.09. The molecule has 104 valence electrons. The van der Waals surface area contributed by atoms with Gasteiger partial charge in [-0.05, 0) is 65.3 Å². The standard InChI is InChI=1S/C16H15ClINO/c17-10-4-6-12-5-3-7-13(11-12)19-16(20)14-8-1-2-9-15(14)18/h1-3,5,7-9,11H,4,6,10H2,(H,19,20). The summed E-state index contributed by atoms with van der Waals surface area (Å²) in [5.41, 5.74) is 2.70. The highest BCUT2D eigenvalue weighted by Crippen LogP contribution is 2.16. The summed E-state index contributed by atoms with van der Waals surface area (Å²) in [6, 6.07) is 15.4. The number of rotatable bonds is 5. The minimum Gasteiger partial charge on any atom is -0.322 e. The molecule has 20 heavy (non-hydrogen) atoms. The Kier molecular flexibility index (Phi) is 5.86. The summed E-state index contributed by atoms with van der Waals surface area (Å²) in [4.78, 5) is 12.2. The zero-order chi connectivity index (χ0) is 14.4. The summed E-state index contributed by atoms with van der Waals surface area (Å²) in [6.45, 7) is 0. The van der Waals surface area contributed by atoms with Crippen molar-refractivity contribution in [3.05, 3.63) is 63.2 Å². The van der Waals surface area contributed by atoms with Crippen molar-refractivity contribution >= 4 is 45.8 Å². The van der Waals surface area contributed by atoms with Crippen LogP contribution in [0.3, 0.4) is 0 Å². The van der Waals surface area contributed by atoms with Crippen LogP contribution in [0.25, 0.3) is 0 Å². The zero-order valence-electron chi connectivity index (χ0n) is 10.9. The number of halogens is 2. The van der Waals surface area contributed by atoms with Gasteiger partial charge in [0, 0.05) is 15.1 Å². The van der Waals surface area contributed by atoms with E-state index in [4.69, 9.17) is 11.6 Å². The summed E-state index contributed by atoms with van der Waals surface area (Å²) in [5.74, 6) is 0.572. The largest absolute Gasteiger partial charge is 0.322 e. The number of hydrogen-bond donors (Lipinski definition) is 1. The van der Waals surface area contributed by atoms with E-state index in [9.17, 15) is 4.79 Å². The van der Waals surface area contributed by atoms with Crippen LogP contribution in [-0.4, -0.2) is 11.8 Å². The van der Waals surface area contributed by atoms with E-state index < -0.39 is 0 Å². The minimum absolute atomic E-state index is 0.0792. The quantitative estimate of drug-likeness (QED) is 0.572. The molecule has 4 heteroatoms. The molecule has 0 bridgehead atoms. The second-order valence-corrected chi connectivity index (χ2v) is 5.97. The lowest BCUT2D eigenvalue weighted by Gasteiger charge is -2.08. The number of benzene rings is 2. The molecule has 1 N–H and O–H groups in total. The number of nitrogens with one attached hydrogen (secondary N) is 1. The molecule has 0 fully saturated rings. The number of anilines is 1. The molecule has 0 aliphatic rings. The van der Waals surface area contributed by atoms with Crippen LogP contribution < -0.4 is 5.32 Å². The van der Waals surface area contributed by atoms with Crippen LogP contribution in [-0.2, 0) is 6.42 Å². The monoisotopic (exact) mass is 399 g/mol. The van der Waals surface area contributed by atoms with Gasteiger partial charge in [-0.15, -0.1) is 11.6 Å². The van der Waals surface area contributed by atoms with Gasteiger partial charge in [0.1, 0.15) is 0 Å². The van der Waals surface area contributed by atoms with Crippen molar-refractivity contribution in [2.75, 3.05) is 11.2 Å². The first-order valence-electron chi connectivity index (χ1n) is 6.41. The smallest absolute Gasteiger partial charge is 0.256 e. The van der Waals surface area contributed by atoms with Crippen LogP contribution in [0.2, 0.25) is 0 Å². The Labute approximate surface area is 137 Å². The Hall–Kier alpha value is -1.07. The van der Waals surface area contributed by atoms with Crippen molar-refractivity contribution in [2.45, 2.75) is 12.8 Å². The Morgan fingerprint density at radius 1 is 1.15 bits per heavy atom. The first-order valence-corrected chi connectivity index (χ1v) is 8.03. The molecule has 0 aromatic heterocycles. The Balaban J connectivity index is 2.10. The SMILES string of the molecule is O=C(Nc1cccc(CCCCl)c1)c1ccccc1I. The third-order valence-corrected chi connectivity index (χ3v) is 4.11. The first-order chi connectivity index (χ1) is 9.70. The van der Waals surface area contributed by atoms with E-state index in [1.165, 1.54) is 5.56 Å². The fraction of sp³-hybridized carbons (Fsp3) is 0.188. The second-order valence-electron chi connectivity index (χ2n) is 4.43. The van der Waals surface area contributed by atoms with Crippen LogP contribution in [0, 0.1) is 3.57 Å². The highest BCUT2D eigenvalue weighted by atomic mass is 127. The number of hydrogen-bond acceptors (Lipinski definition) is 1. The topological polar surface area (TPSA) is 29.1 Å². The lowest BCUT2D eigenvalue weighted by atomic mass is 10.1. The normalized spacial score (nSPS) is 10.3. The molecule has 2 aromatic carbocycles. The van der Waals surface area contributed by atoms with Gasteiger partial charge in [0.2, 0.25) is 0 Å². The van der Waals surface area contributed by atoms with Crippen molar-refractivity contribution in [1.29, 1.82) is 0 Å². The van der Waals surface area contributed by atoms with Gasteiger partial charge in [-0.25, -0.2) is 0 Å². The van der Waals surface area contributed by atoms with E-state index in [1.807, 2.05) is 42.5 Å². The summed E-state index contributed by atoms with van der Waals surface area (Å²) in [5, 5.41) is 2.94. The summed E-state index contributed by atoms with van der Waals surface area (Å²) in [6.07, 6.45) is 1.87. The lowest BCUT2D eigenvalue weighted by Crippen LogP contribution is -2.13. The molecular weight excluding hydrogens is 385 g/mol. The zero-order valence-corrected chi connectivity index (χ0v) is 13.8. The number of amides is 1. The predicted molar refractivity (Wildman–Crippen MR) is 92.6 cm³/mol. The lowest BCUT2D eigenvalue weighted by molar-refractivity contribution is 0.102. The summed E-state index contributed by atoms with van der Waals surface area (Å²) < 4.78 is 0.945. The molecule has 0 atom stereocenters. The van der Waals surface area contributed by atoms with Crippen LogP contribution in [0.5, 0.6) is 0 Å². The summed E-state index contributed by atoms with van der Waals surface area (Å²) >= 11 is 7.87. The molecule has 0 saturated heterocycles. The van der Waals surface area contributed by atoms with Crippen LogP contribution in [0.15, 0.2) is 48.5 Å². The van der Waals surface area contributed by atoms with Gasteiger partial charge in [-0.1, -0.05) is 24.3 Å². The van der Waals surface area contributed by atoms with Crippen molar-refractivity contribution in [1.82, 2.24) is 0 Å². The van der Waals surface area contributed by atoms with Gasteiger partial charge >= 0.3 is 0 Å². The third-order valence-electron chi connectivity index (χ3n) is 2.90. The molecule has 2 nitrogen and oxygen atoms in total. The number of carbonyl (C=O) groups is 1. The average Bonchev–Trinajstić information content (AvgIpc) is 2.46. The number of alkyl halides is 1. The van der Waals surface area contributed by atoms with Gasteiger partial charge in [0.15, 0.2) is 0 Å². The van der Waals surface area contributed by atoms with Crippen molar-refractivity contribution in [3.8, 4) is 0 Å². The van der Waals surface area contributed by atoms with Gasteiger partial charge in [0.05, 0.1) is 5.56 Å². The molecule has 0 heterocycles. The Morgan fingerprint density at radius 2 is 1.95 bits per heavy atom. The molecule has 2 rings (SSSR count). The third kappa shape index (κ3) is 4.21. The molecular formula is C16H15ClINO. The number of aryl methyl sites for hydroxylation is 1. The Bertz CT molecular complexity index is 601. The van der Waals surface area contributed by atoms with E-state index in [0.29, 0.717) is 11.4 Å². The van der Waals surface area contributed by atoms with Gasteiger partial charge in [-0.2, -0.15) is 0 Å². The van der Waals surface area contributed by atoms with Crippen molar-refractivity contribution in [2.24, 2.45) is 0 Å². The maximum atomic E-state index is 12.2. The molecule has 0 aliphatic carbocycles. The minimum atomic E-state index is -0.0792. The van der Waals surface area contributed by atoms with E-state index >= 15 is 0 Å². The summed E-state index contributed by atoms with van der Waals surface area (Å²) in [7, 11) is 0. The van der Waals surface area contributed by atoms with E-state index in [-0.39, 0.29) is 5.91 Å². The highest BCUT2D eigenvalue weighted by molar-refractivity contribution is 14.1. The van der Waals surface area contributed by atoms with E-state index in [0.717, 1.165) is 22.1 Å². The van der Waals surface area contributed by atoms with Crippen LogP contribution in [0.4, 0.5) is 5.69 Å². The maximum absolute atomic E-state index is 12.2. The van der Waals surface area contributed by atoms with E-state index in [2.05, 4.69) is 34.0 Å². The van der Waals surface area contributed by atoms with E-state index in [1.54, 1.807) is 0 Å². The molecule has 0 spiro atoms.